The quantitative estimate of drug-likeness (QED) is 0.629. The lowest BCUT2D eigenvalue weighted by atomic mass is 10.0. The molecule has 8 heteroatoms. The Labute approximate surface area is 174 Å². The van der Waals surface area contributed by atoms with Gasteiger partial charge in [-0.1, -0.05) is 6.42 Å². The second-order valence-electron chi connectivity index (χ2n) is 8.07. The van der Waals surface area contributed by atoms with Gasteiger partial charge in [-0.15, -0.1) is 11.3 Å². The van der Waals surface area contributed by atoms with E-state index in [-0.39, 0.29) is 18.0 Å². The van der Waals surface area contributed by atoms with Crippen molar-refractivity contribution in [3.8, 4) is 0 Å². The molecule has 3 aromatic heterocycles. The van der Waals surface area contributed by atoms with Gasteiger partial charge in [-0.25, -0.2) is 4.68 Å². The van der Waals surface area contributed by atoms with Crippen LogP contribution in [0.1, 0.15) is 43.3 Å². The van der Waals surface area contributed by atoms with Crippen LogP contribution in [-0.2, 0) is 11.3 Å². The second kappa shape index (κ2) is 8.28. The Kier molecular flexibility index (Phi) is 5.74. The summed E-state index contributed by atoms with van der Waals surface area (Å²) in [5, 5.41) is 7.33. The van der Waals surface area contributed by atoms with Gasteiger partial charge in [0.25, 0.3) is 5.56 Å². The van der Waals surface area contributed by atoms with Gasteiger partial charge in [0.2, 0.25) is 5.91 Å². The number of amides is 1. The predicted molar refractivity (Wildman–Crippen MR) is 117 cm³/mol. The highest BCUT2D eigenvalue weighted by Crippen LogP contribution is 2.27. The summed E-state index contributed by atoms with van der Waals surface area (Å²) < 4.78 is 4.23. The van der Waals surface area contributed by atoms with Crippen LogP contribution in [0.5, 0.6) is 0 Å². The summed E-state index contributed by atoms with van der Waals surface area (Å²) in [6.07, 6.45) is 4.77. The Hall–Kier alpha value is -2.19. The summed E-state index contributed by atoms with van der Waals surface area (Å²) >= 11 is 1.66. The lowest BCUT2D eigenvalue weighted by Crippen LogP contribution is -2.40. The lowest BCUT2D eigenvalue weighted by Gasteiger charge is -2.33. The molecule has 1 amide bonds. The number of aromatic nitrogens is 3. The zero-order valence-corrected chi connectivity index (χ0v) is 18.2. The van der Waals surface area contributed by atoms with Crippen LogP contribution in [-0.4, -0.2) is 50.7 Å². The SMILES string of the molecule is Cc1cc2c(cc3c(=O)n(CC(=O)NCCCN4CCCCC4C)nc(C)n32)s1. The van der Waals surface area contributed by atoms with E-state index in [2.05, 4.69) is 35.2 Å². The minimum atomic E-state index is -0.228. The van der Waals surface area contributed by atoms with Crippen LogP contribution < -0.4 is 10.9 Å². The summed E-state index contributed by atoms with van der Waals surface area (Å²) in [4.78, 5) is 28.9. The molecule has 1 aliphatic rings. The zero-order valence-electron chi connectivity index (χ0n) is 17.4. The van der Waals surface area contributed by atoms with Crippen molar-refractivity contribution in [2.75, 3.05) is 19.6 Å². The molecule has 0 saturated carbocycles. The summed E-state index contributed by atoms with van der Waals surface area (Å²) in [6.45, 7) is 8.94. The van der Waals surface area contributed by atoms with E-state index >= 15 is 0 Å². The van der Waals surface area contributed by atoms with Gasteiger partial charge in [0.15, 0.2) is 0 Å². The lowest BCUT2D eigenvalue weighted by molar-refractivity contribution is -0.121. The number of carbonyl (C=O) groups excluding carboxylic acids is 1. The van der Waals surface area contributed by atoms with Crippen molar-refractivity contribution >= 4 is 33.0 Å². The molecule has 1 atom stereocenters. The summed E-state index contributed by atoms with van der Waals surface area (Å²) in [5.41, 5.74) is 1.35. The van der Waals surface area contributed by atoms with Gasteiger partial charge >= 0.3 is 0 Å². The van der Waals surface area contributed by atoms with Crippen molar-refractivity contribution in [1.29, 1.82) is 0 Å². The minimum Gasteiger partial charge on any atom is -0.354 e. The molecule has 29 heavy (non-hydrogen) atoms. The van der Waals surface area contributed by atoms with Crippen molar-refractivity contribution < 1.29 is 4.79 Å². The second-order valence-corrected chi connectivity index (χ2v) is 9.35. The van der Waals surface area contributed by atoms with Gasteiger partial charge in [-0.2, -0.15) is 5.10 Å². The molecule has 0 aromatic carbocycles. The fourth-order valence-corrected chi connectivity index (χ4v) is 5.26. The standard InChI is InChI=1S/C21H29N5O2S/c1-14-7-4-5-9-24(14)10-6-8-22-20(27)13-25-21(28)18-12-19-17(11-15(2)29-19)26(18)16(3)23-25/h11-12,14H,4-10,13H2,1-3H3,(H,22,27). The number of rotatable bonds is 6. The number of aryl methyl sites for hydroxylation is 2. The average Bonchev–Trinajstić information content (AvgIpc) is 3.20. The van der Waals surface area contributed by atoms with E-state index in [9.17, 15) is 9.59 Å². The Bertz CT molecular complexity index is 1100. The van der Waals surface area contributed by atoms with Crippen molar-refractivity contribution in [3.05, 3.63) is 33.2 Å². The van der Waals surface area contributed by atoms with Gasteiger partial charge in [-0.3, -0.25) is 14.0 Å². The number of hydrogen-bond acceptors (Lipinski definition) is 5. The Balaban J connectivity index is 1.39. The number of thiophene rings is 1. The fraction of sp³-hybridized carbons (Fsp3) is 0.571. The highest BCUT2D eigenvalue weighted by Gasteiger charge is 2.18. The molecule has 0 aliphatic carbocycles. The predicted octanol–water partition coefficient (Wildman–Crippen LogP) is 2.71. The molecule has 0 spiro atoms. The number of piperidine rings is 1. The molecule has 4 rings (SSSR count). The Morgan fingerprint density at radius 3 is 2.90 bits per heavy atom. The number of nitrogens with one attached hydrogen (secondary N) is 1. The molecule has 1 fully saturated rings. The van der Waals surface area contributed by atoms with Crippen molar-refractivity contribution in [3.63, 3.8) is 0 Å². The first-order chi connectivity index (χ1) is 13.9. The number of carbonyl (C=O) groups is 1. The highest BCUT2D eigenvalue weighted by atomic mass is 32.1. The summed E-state index contributed by atoms with van der Waals surface area (Å²) in [6, 6.07) is 4.61. The molecule has 4 heterocycles. The van der Waals surface area contributed by atoms with E-state index < -0.39 is 0 Å². The molecule has 0 bridgehead atoms. The maximum absolute atomic E-state index is 12.8. The molecular formula is C21H29N5O2S. The van der Waals surface area contributed by atoms with Crippen LogP contribution in [0.3, 0.4) is 0 Å². The molecule has 1 aliphatic heterocycles. The van der Waals surface area contributed by atoms with E-state index in [0.717, 1.165) is 29.7 Å². The molecule has 3 aromatic rings. The third-order valence-electron chi connectivity index (χ3n) is 5.83. The van der Waals surface area contributed by atoms with Crippen molar-refractivity contribution in [2.24, 2.45) is 0 Å². The zero-order chi connectivity index (χ0) is 20.5. The topological polar surface area (TPSA) is 71.6 Å². The van der Waals surface area contributed by atoms with Crippen LogP contribution in [0.15, 0.2) is 16.9 Å². The Morgan fingerprint density at radius 2 is 2.10 bits per heavy atom. The third kappa shape index (κ3) is 4.09. The van der Waals surface area contributed by atoms with Gasteiger partial charge in [0.1, 0.15) is 17.9 Å². The van der Waals surface area contributed by atoms with Crippen LogP contribution in [0.25, 0.3) is 15.7 Å². The maximum atomic E-state index is 12.8. The highest BCUT2D eigenvalue weighted by molar-refractivity contribution is 7.19. The molecular weight excluding hydrogens is 386 g/mol. The van der Waals surface area contributed by atoms with Gasteiger partial charge < -0.3 is 10.2 Å². The number of likely N-dealkylation sites (tertiary alicyclic amines) is 1. The van der Waals surface area contributed by atoms with E-state index in [1.807, 2.05) is 17.4 Å². The third-order valence-corrected chi connectivity index (χ3v) is 6.82. The molecule has 7 nitrogen and oxygen atoms in total. The summed E-state index contributed by atoms with van der Waals surface area (Å²) in [5.74, 6) is 0.540. The van der Waals surface area contributed by atoms with Crippen LogP contribution in [0.4, 0.5) is 0 Å². The smallest absolute Gasteiger partial charge is 0.291 e. The fourth-order valence-electron chi connectivity index (χ4n) is 4.32. The van der Waals surface area contributed by atoms with E-state index in [0.29, 0.717) is 23.9 Å². The first-order valence-electron chi connectivity index (χ1n) is 10.4. The number of hydrogen-bond donors (Lipinski definition) is 1. The largest absolute Gasteiger partial charge is 0.354 e. The van der Waals surface area contributed by atoms with Crippen molar-refractivity contribution in [2.45, 2.75) is 59.0 Å². The van der Waals surface area contributed by atoms with Gasteiger partial charge in [0.05, 0.1) is 10.2 Å². The monoisotopic (exact) mass is 415 g/mol. The van der Waals surface area contributed by atoms with E-state index in [4.69, 9.17) is 0 Å². The first kappa shape index (κ1) is 20.1. The molecule has 0 radical (unpaired) electrons. The minimum absolute atomic E-state index is 0.0475. The van der Waals surface area contributed by atoms with Crippen LogP contribution in [0, 0.1) is 13.8 Å². The Morgan fingerprint density at radius 1 is 1.28 bits per heavy atom. The number of nitrogens with zero attached hydrogens (tertiary/aromatic N) is 4. The first-order valence-corrected chi connectivity index (χ1v) is 11.3. The van der Waals surface area contributed by atoms with E-state index in [1.54, 1.807) is 11.3 Å². The number of fused-ring (bicyclic) bond motifs is 3. The molecule has 1 N–H and O–H groups in total. The van der Waals surface area contributed by atoms with Crippen molar-refractivity contribution in [1.82, 2.24) is 24.4 Å². The molecule has 1 saturated heterocycles. The maximum Gasteiger partial charge on any atom is 0.291 e. The van der Waals surface area contributed by atoms with Gasteiger partial charge in [0, 0.05) is 24.0 Å². The summed E-state index contributed by atoms with van der Waals surface area (Å²) in [7, 11) is 0. The van der Waals surface area contributed by atoms with E-state index in [1.165, 1.54) is 28.8 Å². The van der Waals surface area contributed by atoms with Crippen LogP contribution in [0.2, 0.25) is 0 Å². The normalized spacial score (nSPS) is 18.0. The average molecular weight is 416 g/mol. The van der Waals surface area contributed by atoms with Crippen LogP contribution >= 0.6 is 11.3 Å². The molecule has 156 valence electrons. The van der Waals surface area contributed by atoms with Gasteiger partial charge in [-0.05, 0) is 58.7 Å². The molecule has 1 unspecified atom stereocenters.